The predicted molar refractivity (Wildman–Crippen MR) is 51.3 cm³/mol. The Balaban J connectivity index is 3.15. The molecule has 0 saturated heterocycles. The lowest BCUT2D eigenvalue weighted by Gasteiger charge is -2.37. The van der Waals surface area contributed by atoms with Crippen LogP contribution in [0.15, 0.2) is 5.10 Å². The third kappa shape index (κ3) is 1.11. The largest absolute Gasteiger partial charge is 0.368 e. The van der Waals surface area contributed by atoms with E-state index in [1.807, 2.05) is 20.8 Å². The molecule has 1 rings (SSSR count). The highest BCUT2D eigenvalue weighted by atomic mass is 16.3. The van der Waals surface area contributed by atoms with Crippen LogP contribution in [-0.4, -0.2) is 27.5 Å². The first-order valence-corrected chi connectivity index (χ1v) is 4.13. The van der Waals surface area contributed by atoms with Gasteiger partial charge < -0.3 is 10.8 Å². The van der Waals surface area contributed by atoms with Gasteiger partial charge in [-0.1, -0.05) is 0 Å². The molecule has 0 saturated carbocycles. The summed E-state index contributed by atoms with van der Waals surface area (Å²) in [7, 11) is 0. The van der Waals surface area contributed by atoms with Crippen molar-refractivity contribution in [2.75, 3.05) is 0 Å². The molecule has 0 aromatic heterocycles. The number of nitrogens with one attached hydrogen (secondary N) is 1. The zero-order valence-corrected chi connectivity index (χ0v) is 8.42. The van der Waals surface area contributed by atoms with E-state index in [0.29, 0.717) is 0 Å². The minimum absolute atomic E-state index is 0.241. The standard InChI is InChI=1S/C8H16N4O/c1-5-7(2,3)8(4,13)12(11-5)6(9)10/h13H,1-4H3,(H3,9,10)/t8-/m0/s1. The Morgan fingerprint density at radius 2 is 2.00 bits per heavy atom. The molecule has 0 amide bonds. The van der Waals surface area contributed by atoms with Gasteiger partial charge in [0.25, 0.3) is 0 Å². The van der Waals surface area contributed by atoms with Gasteiger partial charge in [0.05, 0.1) is 5.41 Å². The maximum absolute atomic E-state index is 10.1. The van der Waals surface area contributed by atoms with Crippen LogP contribution in [0.2, 0.25) is 0 Å². The molecule has 0 spiro atoms. The van der Waals surface area contributed by atoms with Gasteiger partial charge in [-0.15, -0.1) is 0 Å². The summed E-state index contributed by atoms with van der Waals surface area (Å²) in [6.45, 7) is 7.16. The predicted octanol–water partition coefficient (Wildman–Crippen LogP) is 0.306. The lowest BCUT2D eigenvalue weighted by molar-refractivity contribution is -0.0970. The SMILES string of the molecule is CC1=NN(C(=N)N)[C@@](C)(O)C1(C)C. The molecule has 1 atom stereocenters. The molecule has 1 aliphatic heterocycles. The maximum atomic E-state index is 10.1. The highest BCUT2D eigenvalue weighted by Crippen LogP contribution is 2.40. The van der Waals surface area contributed by atoms with E-state index in [9.17, 15) is 5.11 Å². The minimum atomic E-state index is -1.22. The summed E-state index contributed by atoms with van der Waals surface area (Å²) in [6, 6.07) is 0. The molecule has 0 aromatic rings. The first-order chi connectivity index (χ1) is 5.71. The van der Waals surface area contributed by atoms with E-state index in [1.54, 1.807) is 6.92 Å². The molecule has 0 radical (unpaired) electrons. The van der Waals surface area contributed by atoms with Gasteiger partial charge in [-0.3, -0.25) is 5.41 Å². The monoisotopic (exact) mass is 184 g/mol. The first kappa shape index (κ1) is 9.98. The first-order valence-electron chi connectivity index (χ1n) is 4.13. The van der Waals surface area contributed by atoms with E-state index in [0.717, 1.165) is 10.7 Å². The van der Waals surface area contributed by atoms with E-state index in [4.69, 9.17) is 11.1 Å². The number of nitrogens with two attached hydrogens (primary N) is 1. The quantitative estimate of drug-likeness (QED) is 0.374. The number of aliphatic hydroxyl groups is 1. The third-order valence-corrected chi connectivity index (χ3v) is 2.98. The molecule has 4 N–H and O–H groups in total. The fourth-order valence-electron chi connectivity index (χ4n) is 1.27. The van der Waals surface area contributed by atoms with E-state index >= 15 is 0 Å². The van der Waals surface area contributed by atoms with Gasteiger partial charge in [0.2, 0.25) is 5.96 Å². The molecule has 0 aliphatic carbocycles. The number of hydrogen-bond acceptors (Lipinski definition) is 3. The normalized spacial score (nSPS) is 31.8. The van der Waals surface area contributed by atoms with Gasteiger partial charge in [0.1, 0.15) is 0 Å². The number of nitrogens with zero attached hydrogens (tertiary/aromatic N) is 2. The van der Waals surface area contributed by atoms with E-state index in [1.165, 1.54) is 0 Å². The van der Waals surface area contributed by atoms with Crippen molar-refractivity contribution in [3.8, 4) is 0 Å². The average molecular weight is 184 g/mol. The average Bonchev–Trinajstić information content (AvgIpc) is 2.10. The second-order valence-electron chi connectivity index (χ2n) is 4.03. The minimum Gasteiger partial charge on any atom is -0.368 e. The molecule has 1 aliphatic rings. The van der Waals surface area contributed by atoms with Gasteiger partial charge in [0.15, 0.2) is 5.72 Å². The van der Waals surface area contributed by atoms with Crippen molar-refractivity contribution < 1.29 is 5.11 Å². The molecule has 0 aromatic carbocycles. The van der Waals surface area contributed by atoms with Crippen LogP contribution in [-0.2, 0) is 0 Å². The van der Waals surface area contributed by atoms with Gasteiger partial charge in [0, 0.05) is 5.71 Å². The summed E-state index contributed by atoms with van der Waals surface area (Å²) < 4.78 is 0. The van der Waals surface area contributed by atoms with Gasteiger partial charge >= 0.3 is 0 Å². The Morgan fingerprint density at radius 3 is 2.15 bits per heavy atom. The molecule has 0 fully saturated rings. The number of hydrazone groups is 1. The molecule has 1 heterocycles. The highest BCUT2D eigenvalue weighted by Gasteiger charge is 2.52. The van der Waals surface area contributed by atoms with Crippen LogP contribution in [0.3, 0.4) is 0 Å². The lowest BCUT2D eigenvalue weighted by atomic mass is 9.79. The second-order valence-corrected chi connectivity index (χ2v) is 4.03. The Hall–Kier alpha value is -1.10. The molecule has 13 heavy (non-hydrogen) atoms. The molecule has 5 nitrogen and oxygen atoms in total. The van der Waals surface area contributed by atoms with Crippen LogP contribution >= 0.6 is 0 Å². The Bertz CT molecular complexity index is 280. The van der Waals surface area contributed by atoms with Gasteiger partial charge in [-0.05, 0) is 27.7 Å². The van der Waals surface area contributed by atoms with E-state index < -0.39 is 11.1 Å². The summed E-state index contributed by atoms with van der Waals surface area (Å²) in [6.07, 6.45) is 0. The molecule has 5 heteroatoms. The summed E-state index contributed by atoms with van der Waals surface area (Å²) >= 11 is 0. The van der Waals surface area contributed by atoms with Crippen molar-refractivity contribution >= 4 is 11.7 Å². The highest BCUT2D eigenvalue weighted by molar-refractivity contribution is 5.93. The van der Waals surface area contributed by atoms with Crippen LogP contribution in [0.25, 0.3) is 0 Å². The third-order valence-electron chi connectivity index (χ3n) is 2.98. The molecule has 74 valence electrons. The molecular formula is C8H16N4O. The van der Waals surface area contributed by atoms with Crippen molar-refractivity contribution in [1.82, 2.24) is 5.01 Å². The van der Waals surface area contributed by atoms with Crippen LogP contribution in [0.4, 0.5) is 0 Å². The fraction of sp³-hybridized carbons (Fsp3) is 0.750. The zero-order chi connectivity index (χ0) is 10.4. The lowest BCUT2D eigenvalue weighted by Crippen LogP contribution is -2.54. The van der Waals surface area contributed by atoms with Crippen molar-refractivity contribution in [2.24, 2.45) is 16.3 Å². The Morgan fingerprint density at radius 1 is 1.54 bits per heavy atom. The van der Waals surface area contributed by atoms with Crippen molar-refractivity contribution in [3.63, 3.8) is 0 Å². The topological polar surface area (TPSA) is 85.7 Å². The smallest absolute Gasteiger partial charge is 0.211 e. The van der Waals surface area contributed by atoms with Crippen molar-refractivity contribution in [2.45, 2.75) is 33.4 Å². The maximum Gasteiger partial charge on any atom is 0.211 e. The van der Waals surface area contributed by atoms with Crippen LogP contribution in [0, 0.1) is 10.8 Å². The van der Waals surface area contributed by atoms with Crippen LogP contribution in [0.1, 0.15) is 27.7 Å². The number of guanidine groups is 1. The van der Waals surface area contributed by atoms with Gasteiger partial charge in [-0.25, -0.2) is 5.01 Å². The van der Waals surface area contributed by atoms with E-state index in [2.05, 4.69) is 5.10 Å². The van der Waals surface area contributed by atoms with Crippen molar-refractivity contribution in [3.05, 3.63) is 0 Å². The summed E-state index contributed by atoms with van der Waals surface area (Å²) in [5.41, 5.74) is 4.36. The fourth-order valence-corrected chi connectivity index (χ4v) is 1.27. The summed E-state index contributed by atoms with van der Waals surface area (Å²) in [4.78, 5) is 0. The molecule has 0 bridgehead atoms. The molecular weight excluding hydrogens is 168 g/mol. The van der Waals surface area contributed by atoms with Crippen molar-refractivity contribution in [1.29, 1.82) is 5.41 Å². The van der Waals surface area contributed by atoms with Crippen LogP contribution in [0.5, 0.6) is 0 Å². The Labute approximate surface area is 77.7 Å². The number of rotatable bonds is 0. The number of hydrogen-bond donors (Lipinski definition) is 3. The second kappa shape index (κ2) is 2.45. The summed E-state index contributed by atoms with van der Waals surface area (Å²) in [5.74, 6) is -0.241. The summed E-state index contributed by atoms with van der Waals surface area (Å²) in [5, 5.41) is 22.5. The van der Waals surface area contributed by atoms with Crippen LogP contribution < -0.4 is 5.73 Å². The Kier molecular flexibility index (Phi) is 1.88. The zero-order valence-electron chi connectivity index (χ0n) is 8.42. The van der Waals surface area contributed by atoms with Gasteiger partial charge in [-0.2, -0.15) is 5.10 Å². The molecule has 0 unspecified atom stereocenters. The van der Waals surface area contributed by atoms with E-state index in [-0.39, 0.29) is 5.96 Å².